The Bertz CT molecular complexity index is 2160. The molecule has 1 heterocycles. The quantitative estimate of drug-likeness (QED) is 0.205. The molecule has 0 atom stereocenters. The zero-order valence-corrected chi connectivity index (χ0v) is 23.8. The Balaban J connectivity index is 1.19. The lowest BCUT2D eigenvalue weighted by Gasteiger charge is -2.26. The molecule has 0 saturated carbocycles. The molecular formula is C40H27NS. The van der Waals surface area contributed by atoms with Crippen molar-refractivity contribution in [3.63, 3.8) is 0 Å². The van der Waals surface area contributed by atoms with Crippen molar-refractivity contribution in [1.82, 2.24) is 0 Å². The highest BCUT2D eigenvalue weighted by Crippen LogP contribution is 2.42. The van der Waals surface area contributed by atoms with E-state index in [1.165, 1.54) is 53.2 Å². The minimum atomic E-state index is 1.13. The second-order valence-corrected chi connectivity index (χ2v) is 11.7. The molecule has 0 bridgehead atoms. The van der Waals surface area contributed by atoms with E-state index >= 15 is 0 Å². The zero-order valence-electron chi connectivity index (χ0n) is 22.9. The molecule has 0 radical (unpaired) electrons. The molecule has 1 nitrogen and oxygen atoms in total. The Morgan fingerprint density at radius 3 is 1.62 bits per heavy atom. The Kier molecular flexibility index (Phi) is 6.05. The van der Waals surface area contributed by atoms with Crippen LogP contribution in [0.3, 0.4) is 0 Å². The van der Waals surface area contributed by atoms with Gasteiger partial charge in [0.05, 0.1) is 0 Å². The molecule has 0 saturated heterocycles. The fourth-order valence-corrected chi connectivity index (χ4v) is 7.16. The first-order valence-electron chi connectivity index (χ1n) is 14.3. The smallest absolute Gasteiger partial charge is 0.0468 e. The fraction of sp³-hybridized carbons (Fsp3) is 0. The zero-order chi connectivity index (χ0) is 27.9. The van der Waals surface area contributed by atoms with E-state index in [2.05, 4.69) is 169 Å². The third-order valence-corrected chi connectivity index (χ3v) is 9.29. The number of hydrogen-bond donors (Lipinski definition) is 0. The van der Waals surface area contributed by atoms with E-state index in [0.717, 1.165) is 17.1 Å². The maximum atomic E-state index is 2.35. The van der Waals surface area contributed by atoms with Gasteiger partial charge < -0.3 is 4.90 Å². The number of hydrogen-bond acceptors (Lipinski definition) is 2. The van der Waals surface area contributed by atoms with Gasteiger partial charge in [-0.1, -0.05) is 121 Å². The summed E-state index contributed by atoms with van der Waals surface area (Å²) >= 11 is 1.88. The highest BCUT2D eigenvalue weighted by Gasteiger charge is 2.15. The molecule has 2 heteroatoms. The van der Waals surface area contributed by atoms with Gasteiger partial charge in [-0.2, -0.15) is 0 Å². The number of rotatable bonds is 5. The van der Waals surface area contributed by atoms with Gasteiger partial charge in [-0.05, 0) is 75.5 Å². The molecule has 0 aliphatic heterocycles. The third-order valence-electron chi connectivity index (χ3n) is 8.07. The second-order valence-electron chi connectivity index (χ2n) is 10.6. The normalized spacial score (nSPS) is 11.3. The lowest BCUT2D eigenvalue weighted by molar-refractivity contribution is 1.29. The first kappa shape index (κ1) is 24.6. The van der Waals surface area contributed by atoms with Gasteiger partial charge in [0, 0.05) is 37.2 Å². The minimum Gasteiger partial charge on any atom is -0.310 e. The molecule has 8 aromatic rings. The van der Waals surface area contributed by atoms with Crippen molar-refractivity contribution < 1.29 is 0 Å². The van der Waals surface area contributed by atoms with Gasteiger partial charge in [0.25, 0.3) is 0 Å². The molecule has 0 amide bonds. The molecule has 7 aromatic carbocycles. The lowest BCUT2D eigenvalue weighted by atomic mass is 10.00. The molecule has 0 aliphatic carbocycles. The number of anilines is 3. The van der Waals surface area contributed by atoms with Gasteiger partial charge in [-0.25, -0.2) is 0 Å². The summed E-state index contributed by atoms with van der Waals surface area (Å²) in [4.78, 5) is 2.35. The maximum Gasteiger partial charge on any atom is 0.0468 e. The number of benzene rings is 7. The molecule has 1 aromatic heterocycles. The van der Waals surface area contributed by atoms with E-state index in [1.54, 1.807) is 0 Å². The Hall–Kier alpha value is -5.18. The van der Waals surface area contributed by atoms with Crippen molar-refractivity contribution in [1.29, 1.82) is 0 Å². The van der Waals surface area contributed by atoms with Crippen LogP contribution >= 0.6 is 11.3 Å². The fourth-order valence-electron chi connectivity index (χ4n) is 5.94. The lowest BCUT2D eigenvalue weighted by Crippen LogP contribution is -2.09. The van der Waals surface area contributed by atoms with Gasteiger partial charge in [-0.15, -0.1) is 11.3 Å². The van der Waals surface area contributed by atoms with Crippen molar-refractivity contribution in [3.8, 4) is 22.3 Å². The Morgan fingerprint density at radius 2 is 0.905 bits per heavy atom. The van der Waals surface area contributed by atoms with Gasteiger partial charge in [0.15, 0.2) is 0 Å². The summed E-state index contributed by atoms with van der Waals surface area (Å²) in [7, 11) is 0. The van der Waals surface area contributed by atoms with Crippen molar-refractivity contribution in [2.75, 3.05) is 4.90 Å². The molecule has 42 heavy (non-hydrogen) atoms. The van der Waals surface area contributed by atoms with Gasteiger partial charge >= 0.3 is 0 Å². The minimum absolute atomic E-state index is 1.13. The number of fused-ring (bicyclic) bond motifs is 5. The molecule has 8 rings (SSSR count). The average molecular weight is 554 g/mol. The van der Waals surface area contributed by atoms with Crippen LogP contribution in [0.5, 0.6) is 0 Å². The standard InChI is InChI=1S/C40H27NS/c1-3-9-28(10-4-1)29-15-17-30(18-16-29)31-19-22-34(23-20-31)41(33-12-5-2-6-13-33)35-24-26-39-38(27-35)37-25-21-32-11-7-8-14-36(32)40(37)42-39/h1-27H. The van der Waals surface area contributed by atoms with Gasteiger partial charge in [0.1, 0.15) is 0 Å². The van der Waals surface area contributed by atoms with E-state index in [-0.39, 0.29) is 0 Å². The largest absolute Gasteiger partial charge is 0.310 e. The summed E-state index contributed by atoms with van der Waals surface area (Å²) in [6.07, 6.45) is 0. The van der Waals surface area contributed by atoms with Crippen LogP contribution in [0.4, 0.5) is 17.1 Å². The molecule has 0 aliphatic rings. The molecule has 0 unspecified atom stereocenters. The van der Waals surface area contributed by atoms with E-state index < -0.39 is 0 Å². The second kappa shape index (κ2) is 10.3. The monoisotopic (exact) mass is 553 g/mol. The van der Waals surface area contributed by atoms with Crippen molar-refractivity contribution >= 4 is 59.3 Å². The first-order chi connectivity index (χ1) is 20.8. The summed E-state index contributed by atoms with van der Waals surface area (Å²) in [5.74, 6) is 0. The number of nitrogens with zero attached hydrogens (tertiary/aromatic N) is 1. The van der Waals surface area contributed by atoms with Crippen LogP contribution in [0, 0.1) is 0 Å². The number of para-hydroxylation sites is 1. The van der Waals surface area contributed by atoms with E-state index in [1.807, 2.05) is 11.3 Å². The predicted octanol–water partition coefficient (Wildman–Crippen LogP) is 12.0. The summed E-state index contributed by atoms with van der Waals surface area (Å²) in [5, 5.41) is 5.23. The van der Waals surface area contributed by atoms with Gasteiger partial charge in [0.2, 0.25) is 0 Å². The van der Waals surface area contributed by atoms with Crippen LogP contribution in [0.2, 0.25) is 0 Å². The van der Waals surface area contributed by atoms with Crippen LogP contribution in [0.1, 0.15) is 0 Å². The molecule has 198 valence electrons. The van der Waals surface area contributed by atoms with Crippen molar-refractivity contribution in [3.05, 3.63) is 164 Å². The van der Waals surface area contributed by atoms with Crippen molar-refractivity contribution in [2.24, 2.45) is 0 Å². The van der Waals surface area contributed by atoms with Crippen molar-refractivity contribution in [2.45, 2.75) is 0 Å². The summed E-state index contributed by atoms with van der Waals surface area (Å²) in [6, 6.07) is 59.0. The summed E-state index contributed by atoms with van der Waals surface area (Å²) in [5.41, 5.74) is 8.32. The van der Waals surface area contributed by atoms with Crippen LogP contribution in [-0.2, 0) is 0 Å². The Labute approximate surface area is 249 Å². The third kappa shape index (κ3) is 4.34. The Morgan fingerprint density at radius 1 is 0.357 bits per heavy atom. The van der Waals surface area contributed by atoms with E-state index in [4.69, 9.17) is 0 Å². The van der Waals surface area contributed by atoms with Crippen LogP contribution in [0.25, 0.3) is 53.2 Å². The molecule has 0 spiro atoms. The molecular weight excluding hydrogens is 527 g/mol. The maximum absolute atomic E-state index is 2.35. The highest BCUT2D eigenvalue weighted by atomic mass is 32.1. The SMILES string of the molecule is c1ccc(-c2ccc(-c3ccc(N(c4ccccc4)c4ccc5sc6c7ccccc7ccc6c5c4)cc3)cc2)cc1. The van der Waals surface area contributed by atoms with Crippen LogP contribution < -0.4 is 4.90 Å². The van der Waals surface area contributed by atoms with Gasteiger partial charge in [-0.3, -0.25) is 0 Å². The highest BCUT2D eigenvalue weighted by molar-refractivity contribution is 7.26. The predicted molar refractivity (Wildman–Crippen MR) is 182 cm³/mol. The van der Waals surface area contributed by atoms with E-state index in [9.17, 15) is 0 Å². The topological polar surface area (TPSA) is 3.24 Å². The summed E-state index contributed by atoms with van der Waals surface area (Å²) in [6.45, 7) is 0. The van der Waals surface area contributed by atoms with Crippen LogP contribution in [0.15, 0.2) is 164 Å². The molecule has 0 fully saturated rings. The molecule has 0 N–H and O–H groups in total. The first-order valence-corrected chi connectivity index (χ1v) is 15.1. The summed E-state index contributed by atoms with van der Waals surface area (Å²) < 4.78 is 2.67. The number of thiophene rings is 1. The van der Waals surface area contributed by atoms with E-state index in [0.29, 0.717) is 0 Å². The van der Waals surface area contributed by atoms with Crippen LogP contribution in [-0.4, -0.2) is 0 Å². The average Bonchev–Trinajstić information content (AvgIpc) is 3.45.